The number of halogens is 1. The molecule has 1 aliphatic rings. The number of nitrogens with zero attached hydrogens (tertiary/aromatic N) is 1. The van der Waals surface area contributed by atoms with Crippen LogP contribution in [0.2, 0.25) is 0 Å². The van der Waals surface area contributed by atoms with E-state index in [-0.39, 0.29) is 18.6 Å². The fourth-order valence-electron chi connectivity index (χ4n) is 1.06. The molecule has 0 aliphatic carbocycles. The number of rotatable bonds is 0. The monoisotopic (exact) mass is 151 g/mol. The van der Waals surface area contributed by atoms with Crippen LogP contribution in [0.5, 0.6) is 0 Å². The van der Waals surface area contributed by atoms with E-state index in [1.807, 2.05) is 11.9 Å². The van der Waals surface area contributed by atoms with Crippen molar-refractivity contribution in [1.29, 1.82) is 0 Å². The molecule has 0 saturated carbocycles. The highest BCUT2D eigenvalue weighted by Gasteiger charge is 2.14. The zero-order valence-electron chi connectivity index (χ0n) is 5.71. The molecule has 0 aromatic carbocycles. The van der Waals surface area contributed by atoms with Crippen LogP contribution in [0.4, 0.5) is 0 Å². The van der Waals surface area contributed by atoms with Gasteiger partial charge in [0.1, 0.15) is 6.23 Å². The van der Waals surface area contributed by atoms with E-state index >= 15 is 0 Å². The Morgan fingerprint density at radius 3 is 2.44 bits per heavy atom. The molecular weight excluding hydrogens is 138 g/mol. The largest absolute Gasteiger partial charge is 0.378 e. The molecule has 3 heteroatoms. The van der Waals surface area contributed by atoms with E-state index in [4.69, 9.17) is 5.11 Å². The molecule has 1 saturated heterocycles. The third kappa shape index (κ3) is 2.52. The van der Waals surface area contributed by atoms with Gasteiger partial charge in [0.15, 0.2) is 0 Å². The quantitative estimate of drug-likeness (QED) is 0.555. The summed E-state index contributed by atoms with van der Waals surface area (Å²) in [5, 5.41) is 9.10. The van der Waals surface area contributed by atoms with E-state index < -0.39 is 0 Å². The Hall–Kier alpha value is 0.210. The number of hydrogen-bond acceptors (Lipinski definition) is 2. The first kappa shape index (κ1) is 9.21. The van der Waals surface area contributed by atoms with Gasteiger partial charge in [0, 0.05) is 6.54 Å². The molecule has 1 aliphatic heterocycles. The molecule has 56 valence electrons. The Morgan fingerprint density at radius 1 is 1.44 bits per heavy atom. The normalized spacial score (nSPS) is 29.3. The molecule has 0 aromatic heterocycles. The van der Waals surface area contributed by atoms with Crippen LogP contribution in [-0.2, 0) is 0 Å². The van der Waals surface area contributed by atoms with Crippen molar-refractivity contribution in [3.05, 3.63) is 0 Å². The number of likely N-dealkylation sites (tertiary alicyclic amines) is 1. The Morgan fingerprint density at radius 2 is 2.11 bits per heavy atom. The molecule has 0 bridgehead atoms. The molecule has 1 heterocycles. The van der Waals surface area contributed by atoms with Crippen LogP contribution < -0.4 is 0 Å². The Kier molecular flexibility index (Phi) is 4.19. The maximum absolute atomic E-state index is 9.10. The topological polar surface area (TPSA) is 23.5 Å². The maximum atomic E-state index is 9.10. The summed E-state index contributed by atoms with van der Waals surface area (Å²) in [6, 6.07) is 0. The lowest BCUT2D eigenvalue weighted by Crippen LogP contribution is -2.35. The highest BCUT2D eigenvalue weighted by molar-refractivity contribution is 5.85. The van der Waals surface area contributed by atoms with Crippen LogP contribution in [0, 0.1) is 0 Å². The fraction of sp³-hybridized carbons (Fsp3) is 1.00. The van der Waals surface area contributed by atoms with Crippen LogP contribution in [0.25, 0.3) is 0 Å². The van der Waals surface area contributed by atoms with E-state index in [9.17, 15) is 0 Å². The van der Waals surface area contributed by atoms with Crippen molar-refractivity contribution < 1.29 is 5.11 Å². The van der Waals surface area contributed by atoms with Crippen LogP contribution >= 0.6 is 12.4 Å². The molecule has 0 spiro atoms. The molecule has 0 amide bonds. The first-order valence-corrected chi connectivity index (χ1v) is 3.19. The second-order valence-electron chi connectivity index (χ2n) is 2.46. The predicted molar refractivity (Wildman–Crippen MR) is 39.7 cm³/mol. The number of piperidine rings is 1. The van der Waals surface area contributed by atoms with Gasteiger partial charge in [-0.2, -0.15) is 0 Å². The van der Waals surface area contributed by atoms with Gasteiger partial charge in [-0.15, -0.1) is 12.4 Å². The Bertz CT molecular complexity index is 69.5. The highest BCUT2D eigenvalue weighted by atomic mass is 35.5. The van der Waals surface area contributed by atoms with Crippen molar-refractivity contribution in [2.24, 2.45) is 0 Å². The summed E-state index contributed by atoms with van der Waals surface area (Å²) in [5.74, 6) is 0. The van der Waals surface area contributed by atoms with E-state index in [0.717, 1.165) is 13.0 Å². The van der Waals surface area contributed by atoms with Gasteiger partial charge in [0.2, 0.25) is 0 Å². The lowest BCUT2D eigenvalue weighted by atomic mass is 10.1. The summed E-state index contributed by atoms with van der Waals surface area (Å²) in [4.78, 5) is 1.99. The lowest BCUT2D eigenvalue weighted by Gasteiger charge is -2.27. The van der Waals surface area contributed by atoms with Gasteiger partial charge in [-0.1, -0.05) is 0 Å². The summed E-state index contributed by atoms with van der Waals surface area (Å²) in [6.45, 7) is 1.06. The minimum atomic E-state index is -0.163. The van der Waals surface area contributed by atoms with Crippen molar-refractivity contribution in [2.75, 3.05) is 13.6 Å². The number of aliphatic hydroxyl groups excluding tert-OH is 1. The van der Waals surface area contributed by atoms with Gasteiger partial charge in [-0.3, -0.25) is 4.90 Å². The first-order valence-electron chi connectivity index (χ1n) is 3.19. The van der Waals surface area contributed by atoms with Gasteiger partial charge in [0.25, 0.3) is 0 Å². The van der Waals surface area contributed by atoms with E-state index in [0.29, 0.717) is 0 Å². The smallest absolute Gasteiger partial charge is 0.107 e. The molecule has 1 fully saturated rings. The second-order valence-corrected chi connectivity index (χ2v) is 2.46. The van der Waals surface area contributed by atoms with Gasteiger partial charge in [-0.25, -0.2) is 0 Å². The summed E-state index contributed by atoms with van der Waals surface area (Å²) in [5.41, 5.74) is 0. The standard InChI is InChI=1S/C6H13NO.ClH/c1-7-5-3-2-4-6(7)8;/h6,8H,2-5H2,1H3;1H. The summed E-state index contributed by atoms with van der Waals surface area (Å²) >= 11 is 0. The molecule has 9 heavy (non-hydrogen) atoms. The van der Waals surface area contributed by atoms with Crippen LogP contribution in [-0.4, -0.2) is 29.8 Å². The fourth-order valence-corrected chi connectivity index (χ4v) is 1.06. The van der Waals surface area contributed by atoms with E-state index in [1.54, 1.807) is 0 Å². The first-order chi connectivity index (χ1) is 3.80. The van der Waals surface area contributed by atoms with Gasteiger partial charge in [-0.05, 0) is 26.3 Å². The molecule has 2 nitrogen and oxygen atoms in total. The average Bonchev–Trinajstić information content (AvgIpc) is 1.77. The van der Waals surface area contributed by atoms with Gasteiger partial charge >= 0.3 is 0 Å². The van der Waals surface area contributed by atoms with Gasteiger partial charge in [0.05, 0.1) is 0 Å². The van der Waals surface area contributed by atoms with Crippen molar-refractivity contribution in [3.8, 4) is 0 Å². The predicted octanol–water partition coefficient (Wildman–Crippen LogP) is 0.842. The molecule has 1 atom stereocenters. The third-order valence-corrected chi connectivity index (χ3v) is 1.73. The van der Waals surface area contributed by atoms with E-state index in [1.165, 1.54) is 12.8 Å². The average molecular weight is 152 g/mol. The summed E-state index contributed by atoms with van der Waals surface area (Å²) < 4.78 is 0. The Balaban J connectivity index is 0.000000640. The second kappa shape index (κ2) is 4.09. The van der Waals surface area contributed by atoms with Crippen LogP contribution in [0.15, 0.2) is 0 Å². The zero-order chi connectivity index (χ0) is 5.98. The van der Waals surface area contributed by atoms with Crippen molar-refractivity contribution in [3.63, 3.8) is 0 Å². The van der Waals surface area contributed by atoms with E-state index in [2.05, 4.69) is 0 Å². The highest BCUT2D eigenvalue weighted by Crippen LogP contribution is 2.11. The minimum Gasteiger partial charge on any atom is -0.378 e. The van der Waals surface area contributed by atoms with Crippen molar-refractivity contribution in [1.82, 2.24) is 4.90 Å². The zero-order valence-corrected chi connectivity index (χ0v) is 6.52. The molecule has 0 aromatic rings. The molecule has 1 unspecified atom stereocenters. The minimum absolute atomic E-state index is 0. The molecule has 0 radical (unpaired) electrons. The summed E-state index contributed by atoms with van der Waals surface area (Å²) in [7, 11) is 1.96. The number of aliphatic hydroxyl groups is 1. The van der Waals surface area contributed by atoms with Crippen molar-refractivity contribution >= 4 is 12.4 Å². The molecule has 1 rings (SSSR count). The molecular formula is C6H14ClNO. The SMILES string of the molecule is CN1CCCCC1O.Cl. The Labute approximate surface area is 62.3 Å². The van der Waals surface area contributed by atoms with Crippen LogP contribution in [0.3, 0.4) is 0 Å². The summed E-state index contributed by atoms with van der Waals surface area (Å²) in [6.07, 6.45) is 3.22. The van der Waals surface area contributed by atoms with Crippen molar-refractivity contribution in [2.45, 2.75) is 25.5 Å². The number of hydrogen-bond donors (Lipinski definition) is 1. The molecule has 1 N–H and O–H groups in total. The lowest BCUT2D eigenvalue weighted by molar-refractivity contribution is -0.00577. The van der Waals surface area contributed by atoms with Crippen LogP contribution in [0.1, 0.15) is 19.3 Å². The third-order valence-electron chi connectivity index (χ3n) is 1.73. The van der Waals surface area contributed by atoms with Gasteiger partial charge < -0.3 is 5.11 Å². The maximum Gasteiger partial charge on any atom is 0.107 e.